The summed E-state index contributed by atoms with van der Waals surface area (Å²) in [6, 6.07) is 2.38. The van der Waals surface area contributed by atoms with Crippen LogP contribution in [-0.2, 0) is 0 Å². The number of halogens is 1. The maximum atomic E-state index is 3.62. The highest BCUT2D eigenvalue weighted by molar-refractivity contribution is 9.09. The predicted octanol–water partition coefficient (Wildman–Crippen LogP) is 4.50. The van der Waals surface area contributed by atoms with Gasteiger partial charge in [-0.05, 0) is 42.7 Å². The third kappa shape index (κ3) is 1.47. The van der Waals surface area contributed by atoms with Crippen LogP contribution in [0.5, 0.6) is 0 Å². The Morgan fingerprint density at radius 1 is 1.43 bits per heavy atom. The Bertz CT molecular complexity index is 351. The molecule has 0 saturated heterocycles. The smallest absolute Gasteiger partial charge is 0.00710 e. The van der Waals surface area contributed by atoms with Crippen LogP contribution in [0.4, 0.5) is 0 Å². The summed E-state index contributed by atoms with van der Waals surface area (Å²) >= 11 is 5.56. The summed E-state index contributed by atoms with van der Waals surface area (Å²) in [7, 11) is 0. The Hall–Kier alpha value is 0.180. The molecule has 0 aliphatic heterocycles. The molecule has 1 aromatic heterocycles. The van der Waals surface area contributed by atoms with Gasteiger partial charge in [0.2, 0.25) is 0 Å². The number of rotatable bonds is 2. The maximum Gasteiger partial charge on any atom is 0.00710 e. The zero-order valence-corrected chi connectivity index (χ0v) is 11.6. The van der Waals surface area contributed by atoms with Crippen LogP contribution in [0.1, 0.15) is 35.1 Å². The van der Waals surface area contributed by atoms with Crippen LogP contribution in [0.2, 0.25) is 0 Å². The second-order valence-electron chi connectivity index (χ2n) is 4.93. The Balaban J connectivity index is 2.30. The van der Waals surface area contributed by atoms with Gasteiger partial charge in [0, 0.05) is 15.1 Å². The van der Waals surface area contributed by atoms with E-state index in [1.807, 2.05) is 11.3 Å². The minimum Gasteiger partial charge on any atom is -0.146 e. The summed E-state index contributed by atoms with van der Waals surface area (Å²) in [6.45, 7) is 9.23. The molecule has 2 atom stereocenters. The lowest BCUT2D eigenvalue weighted by Gasteiger charge is -2.01. The van der Waals surface area contributed by atoms with Crippen molar-refractivity contribution in [3.05, 3.63) is 21.4 Å². The largest absolute Gasteiger partial charge is 0.146 e. The van der Waals surface area contributed by atoms with Crippen LogP contribution < -0.4 is 0 Å². The average molecular weight is 273 g/mol. The van der Waals surface area contributed by atoms with Gasteiger partial charge in [0.25, 0.3) is 0 Å². The second-order valence-corrected chi connectivity index (χ2v) is 7.04. The number of alkyl halides is 1. The molecule has 1 aromatic rings. The van der Waals surface area contributed by atoms with E-state index >= 15 is 0 Å². The van der Waals surface area contributed by atoms with Gasteiger partial charge in [0.05, 0.1) is 0 Å². The van der Waals surface area contributed by atoms with Crippen LogP contribution in [0.25, 0.3) is 0 Å². The lowest BCUT2D eigenvalue weighted by atomic mass is 10.0. The molecule has 0 bridgehead atoms. The van der Waals surface area contributed by atoms with E-state index in [4.69, 9.17) is 0 Å². The molecule has 2 unspecified atom stereocenters. The van der Waals surface area contributed by atoms with Gasteiger partial charge < -0.3 is 0 Å². The Morgan fingerprint density at radius 2 is 2.07 bits per heavy atom. The molecule has 2 heteroatoms. The van der Waals surface area contributed by atoms with E-state index in [0.29, 0.717) is 5.41 Å². The van der Waals surface area contributed by atoms with Crippen molar-refractivity contribution < 1.29 is 0 Å². The van der Waals surface area contributed by atoms with Crippen molar-refractivity contribution >= 4 is 27.3 Å². The summed E-state index contributed by atoms with van der Waals surface area (Å²) in [6.07, 6.45) is 0. The van der Waals surface area contributed by atoms with Crippen molar-refractivity contribution in [1.82, 2.24) is 0 Å². The minimum atomic E-state index is 0.502. The summed E-state index contributed by atoms with van der Waals surface area (Å²) in [4.78, 5) is 2.97. The van der Waals surface area contributed by atoms with Crippen molar-refractivity contribution in [3.8, 4) is 0 Å². The Morgan fingerprint density at radius 3 is 2.43 bits per heavy atom. The summed E-state index contributed by atoms with van der Waals surface area (Å²) in [5.41, 5.74) is 2.10. The number of thiophene rings is 1. The molecule has 2 rings (SSSR count). The molecule has 14 heavy (non-hydrogen) atoms. The predicted molar refractivity (Wildman–Crippen MR) is 67.6 cm³/mol. The summed E-state index contributed by atoms with van der Waals surface area (Å²) in [5.74, 6) is 1.61. The first kappa shape index (κ1) is 10.7. The van der Waals surface area contributed by atoms with Gasteiger partial charge in [0.1, 0.15) is 0 Å². The third-order valence-corrected chi connectivity index (χ3v) is 5.31. The van der Waals surface area contributed by atoms with E-state index in [1.54, 1.807) is 5.56 Å². The van der Waals surface area contributed by atoms with Gasteiger partial charge in [-0.25, -0.2) is 0 Å². The molecule has 0 spiro atoms. The van der Waals surface area contributed by atoms with Crippen LogP contribution in [0.15, 0.2) is 6.07 Å². The molecule has 78 valence electrons. The van der Waals surface area contributed by atoms with Gasteiger partial charge in [-0.1, -0.05) is 29.8 Å². The minimum absolute atomic E-state index is 0.502. The van der Waals surface area contributed by atoms with Crippen molar-refractivity contribution in [2.75, 3.05) is 5.33 Å². The maximum absolute atomic E-state index is 3.62. The second kappa shape index (κ2) is 3.34. The zero-order valence-electron chi connectivity index (χ0n) is 9.23. The number of aryl methyl sites for hydroxylation is 2. The highest BCUT2D eigenvalue weighted by Crippen LogP contribution is 2.65. The van der Waals surface area contributed by atoms with Crippen molar-refractivity contribution in [1.29, 1.82) is 0 Å². The monoisotopic (exact) mass is 272 g/mol. The van der Waals surface area contributed by atoms with Crippen molar-refractivity contribution in [2.45, 2.75) is 33.6 Å². The molecule has 0 radical (unpaired) electrons. The highest BCUT2D eigenvalue weighted by Gasteiger charge is 2.57. The lowest BCUT2D eigenvalue weighted by Crippen LogP contribution is -1.90. The summed E-state index contributed by atoms with van der Waals surface area (Å²) < 4.78 is 0. The van der Waals surface area contributed by atoms with E-state index < -0.39 is 0 Å². The quantitative estimate of drug-likeness (QED) is 0.696. The van der Waals surface area contributed by atoms with Gasteiger partial charge in [-0.15, -0.1) is 11.3 Å². The molecule has 0 N–H and O–H groups in total. The molecule has 1 heterocycles. The van der Waals surface area contributed by atoms with Crippen LogP contribution in [0.3, 0.4) is 0 Å². The van der Waals surface area contributed by atoms with E-state index in [9.17, 15) is 0 Å². The summed E-state index contributed by atoms with van der Waals surface area (Å²) in [5, 5.41) is 1.14. The molecule has 1 aliphatic rings. The molecule has 0 nitrogen and oxygen atoms in total. The fraction of sp³-hybridized carbons (Fsp3) is 0.667. The number of hydrogen-bond acceptors (Lipinski definition) is 1. The van der Waals surface area contributed by atoms with E-state index in [0.717, 1.165) is 17.2 Å². The fourth-order valence-corrected chi connectivity index (χ4v) is 4.79. The van der Waals surface area contributed by atoms with Gasteiger partial charge in [0.15, 0.2) is 0 Å². The zero-order chi connectivity index (χ0) is 10.5. The molecule has 1 fully saturated rings. The first-order valence-corrected chi connectivity index (χ1v) is 7.05. The van der Waals surface area contributed by atoms with Gasteiger partial charge >= 0.3 is 0 Å². The van der Waals surface area contributed by atoms with E-state index in [-0.39, 0.29) is 0 Å². The van der Waals surface area contributed by atoms with Crippen LogP contribution in [0, 0.1) is 25.2 Å². The Labute approximate surface area is 98.9 Å². The molecular weight excluding hydrogens is 256 g/mol. The van der Waals surface area contributed by atoms with Gasteiger partial charge in [-0.2, -0.15) is 0 Å². The third-order valence-electron chi connectivity index (χ3n) is 3.63. The lowest BCUT2D eigenvalue weighted by molar-refractivity contribution is 0.579. The molecule has 0 amide bonds. The van der Waals surface area contributed by atoms with Crippen LogP contribution in [-0.4, -0.2) is 5.33 Å². The average Bonchev–Trinajstić information content (AvgIpc) is 2.46. The van der Waals surface area contributed by atoms with Crippen molar-refractivity contribution in [2.24, 2.45) is 11.3 Å². The Kier molecular flexibility index (Phi) is 2.55. The van der Waals surface area contributed by atoms with Crippen molar-refractivity contribution in [3.63, 3.8) is 0 Å². The topological polar surface area (TPSA) is 0 Å². The number of hydrogen-bond donors (Lipinski definition) is 0. The van der Waals surface area contributed by atoms with Crippen LogP contribution >= 0.6 is 27.3 Å². The molecule has 1 aliphatic carbocycles. The van der Waals surface area contributed by atoms with E-state index in [2.05, 4.69) is 49.7 Å². The molecule has 0 aromatic carbocycles. The first-order chi connectivity index (χ1) is 6.48. The standard InChI is InChI=1S/C12H17BrS/c1-7-5-9(8(2)14-7)11-10(6-13)12(11,3)4/h5,10-11H,6H2,1-4H3. The van der Waals surface area contributed by atoms with E-state index in [1.165, 1.54) is 9.75 Å². The normalized spacial score (nSPS) is 29.2. The molecular formula is C12H17BrS. The van der Waals surface area contributed by atoms with Gasteiger partial charge in [-0.3, -0.25) is 0 Å². The fourth-order valence-electron chi connectivity index (χ4n) is 2.61. The highest BCUT2D eigenvalue weighted by atomic mass is 79.9. The first-order valence-electron chi connectivity index (χ1n) is 5.11. The SMILES string of the molecule is Cc1cc(C2C(CBr)C2(C)C)c(C)s1. The molecule has 1 saturated carbocycles.